The molecule has 3 N–H and O–H groups in total. The lowest BCUT2D eigenvalue weighted by Gasteiger charge is -2.04. The maximum atomic E-state index is 11.2. The summed E-state index contributed by atoms with van der Waals surface area (Å²) < 4.78 is 9.45. The molecule has 0 rings (SSSR count). The summed E-state index contributed by atoms with van der Waals surface area (Å²) in [5.41, 5.74) is 0. The second kappa shape index (κ2) is 30.5. The van der Waals surface area contributed by atoms with Crippen molar-refractivity contribution in [3.8, 4) is 0 Å². The predicted molar refractivity (Wildman–Crippen MR) is 123 cm³/mol. The highest BCUT2D eigenvalue weighted by Crippen LogP contribution is 2.13. The van der Waals surface area contributed by atoms with E-state index in [2.05, 4.69) is 11.7 Å². The lowest BCUT2D eigenvalue weighted by Crippen LogP contribution is -2.07. The summed E-state index contributed by atoms with van der Waals surface area (Å²) in [4.78, 5) is 11.2. The van der Waals surface area contributed by atoms with Gasteiger partial charge in [-0.05, 0) is 6.42 Å². The standard InChI is InChI=1S/C20H40O3.C4H10O3/c1-2-3-4-5-6-7-8-9-10-11-12-13-14-15-16-17-20(22)23-19-18-21;5-1-3-7-4-2-6/h21H,2-19H2,1H3;5-6H,1-4H2. The molecule has 0 amide bonds. The van der Waals surface area contributed by atoms with Crippen molar-refractivity contribution >= 4 is 5.97 Å². The summed E-state index contributed by atoms with van der Waals surface area (Å²) in [6.45, 7) is 3.02. The first-order valence-corrected chi connectivity index (χ1v) is 12.3. The highest BCUT2D eigenvalue weighted by Gasteiger charge is 2.01. The lowest BCUT2D eigenvalue weighted by atomic mass is 10.0. The summed E-state index contributed by atoms with van der Waals surface area (Å²) in [5, 5.41) is 24.7. The van der Waals surface area contributed by atoms with Crippen molar-refractivity contribution in [3.05, 3.63) is 0 Å². The van der Waals surface area contributed by atoms with Gasteiger partial charge in [-0.1, -0.05) is 96.8 Å². The van der Waals surface area contributed by atoms with E-state index in [4.69, 9.17) is 20.1 Å². The van der Waals surface area contributed by atoms with E-state index < -0.39 is 0 Å². The number of carbonyl (C=O) groups excluding carboxylic acids is 1. The minimum atomic E-state index is -0.172. The molecule has 0 atom stereocenters. The first-order chi connectivity index (χ1) is 14.7. The number of hydrogen-bond acceptors (Lipinski definition) is 6. The number of hydrogen-bond donors (Lipinski definition) is 3. The molecule has 0 heterocycles. The fourth-order valence-electron chi connectivity index (χ4n) is 3.10. The average Bonchev–Trinajstić information content (AvgIpc) is 2.76. The zero-order valence-corrected chi connectivity index (χ0v) is 19.6. The Morgan fingerprint density at radius 3 is 1.30 bits per heavy atom. The van der Waals surface area contributed by atoms with Crippen molar-refractivity contribution in [2.45, 2.75) is 110 Å². The average molecular weight is 435 g/mol. The highest BCUT2D eigenvalue weighted by molar-refractivity contribution is 5.69. The monoisotopic (exact) mass is 434 g/mol. The molecule has 0 spiro atoms. The molecule has 0 aromatic heterocycles. The van der Waals surface area contributed by atoms with Gasteiger partial charge >= 0.3 is 5.97 Å². The molecule has 0 aromatic rings. The molecule has 0 unspecified atom stereocenters. The van der Waals surface area contributed by atoms with Gasteiger partial charge < -0.3 is 24.8 Å². The number of carbonyl (C=O) groups is 1. The molecule has 0 fully saturated rings. The lowest BCUT2D eigenvalue weighted by molar-refractivity contribution is -0.144. The van der Waals surface area contributed by atoms with Crippen LogP contribution in [-0.4, -0.2) is 60.9 Å². The minimum Gasteiger partial charge on any atom is -0.463 e. The molecule has 0 aliphatic rings. The van der Waals surface area contributed by atoms with Crippen LogP contribution in [-0.2, 0) is 14.3 Å². The van der Waals surface area contributed by atoms with Gasteiger partial charge in [-0.15, -0.1) is 0 Å². The molecule has 6 heteroatoms. The second-order valence-corrected chi connectivity index (χ2v) is 7.70. The molecule has 0 aromatic carbocycles. The van der Waals surface area contributed by atoms with Crippen LogP contribution >= 0.6 is 0 Å². The van der Waals surface area contributed by atoms with Gasteiger partial charge in [0.15, 0.2) is 0 Å². The third-order valence-corrected chi connectivity index (χ3v) is 4.81. The zero-order chi connectivity index (χ0) is 22.5. The van der Waals surface area contributed by atoms with Crippen LogP contribution in [0.4, 0.5) is 0 Å². The smallest absolute Gasteiger partial charge is 0.305 e. The van der Waals surface area contributed by atoms with Gasteiger partial charge in [0, 0.05) is 6.42 Å². The number of aliphatic hydroxyl groups is 3. The van der Waals surface area contributed by atoms with E-state index in [0.717, 1.165) is 12.8 Å². The van der Waals surface area contributed by atoms with Crippen LogP contribution in [0.2, 0.25) is 0 Å². The van der Waals surface area contributed by atoms with Gasteiger partial charge in [0.1, 0.15) is 6.61 Å². The fraction of sp³-hybridized carbons (Fsp3) is 0.958. The molecule has 6 nitrogen and oxygen atoms in total. The van der Waals surface area contributed by atoms with Gasteiger partial charge in [0.2, 0.25) is 0 Å². The van der Waals surface area contributed by atoms with Crippen LogP contribution in [0.5, 0.6) is 0 Å². The van der Waals surface area contributed by atoms with Crippen LogP contribution in [0, 0.1) is 0 Å². The fourth-order valence-corrected chi connectivity index (χ4v) is 3.10. The minimum absolute atomic E-state index is 0.0278. The van der Waals surface area contributed by atoms with Gasteiger partial charge in [0.05, 0.1) is 33.0 Å². The number of ether oxygens (including phenoxy) is 2. The van der Waals surface area contributed by atoms with Gasteiger partial charge in [0.25, 0.3) is 0 Å². The third kappa shape index (κ3) is 32.0. The Bertz CT molecular complexity index is 308. The van der Waals surface area contributed by atoms with E-state index in [-0.39, 0.29) is 32.4 Å². The van der Waals surface area contributed by atoms with E-state index in [0.29, 0.717) is 19.6 Å². The summed E-state index contributed by atoms with van der Waals surface area (Å²) in [5.74, 6) is -0.172. The molecule has 0 saturated carbocycles. The maximum absolute atomic E-state index is 11.2. The van der Waals surface area contributed by atoms with Crippen LogP contribution in [0.3, 0.4) is 0 Å². The van der Waals surface area contributed by atoms with E-state index in [1.165, 1.54) is 83.5 Å². The Morgan fingerprint density at radius 2 is 0.933 bits per heavy atom. The Balaban J connectivity index is 0. The highest BCUT2D eigenvalue weighted by atomic mass is 16.5. The largest absolute Gasteiger partial charge is 0.463 e. The molecule has 0 aliphatic carbocycles. The Kier molecular flexibility index (Phi) is 32.0. The SMILES string of the molecule is CCCCCCCCCCCCCCCCCC(=O)OCCO.OCCOCCO. The zero-order valence-electron chi connectivity index (χ0n) is 19.6. The molecule has 0 saturated heterocycles. The first kappa shape index (κ1) is 31.5. The van der Waals surface area contributed by atoms with Crippen LogP contribution in [0.25, 0.3) is 0 Å². The quantitative estimate of drug-likeness (QED) is 0.168. The Morgan fingerprint density at radius 1 is 0.567 bits per heavy atom. The Hall–Kier alpha value is -0.690. The summed E-state index contributed by atoms with van der Waals surface area (Å²) in [6.07, 6.45) is 20.4. The summed E-state index contributed by atoms with van der Waals surface area (Å²) in [6, 6.07) is 0. The molecular formula is C24H50O6. The number of unbranched alkanes of at least 4 members (excludes halogenated alkanes) is 14. The normalized spacial score (nSPS) is 10.5. The van der Waals surface area contributed by atoms with E-state index in [1.807, 2.05) is 0 Å². The third-order valence-electron chi connectivity index (χ3n) is 4.81. The van der Waals surface area contributed by atoms with Crippen molar-refractivity contribution in [3.63, 3.8) is 0 Å². The van der Waals surface area contributed by atoms with Crippen molar-refractivity contribution in [2.24, 2.45) is 0 Å². The van der Waals surface area contributed by atoms with E-state index in [1.54, 1.807) is 0 Å². The van der Waals surface area contributed by atoms with Crippen molar-refractivity contribution < 1.29 is 29.6 Å². The molecule has 0 bridgehead atoms. The summed E-state index contributed by atoms with van der Waals surface area (Å²) in [7, 11) is 0. The molecular weight excluding hydrogens is 384 g/mol. The predicted octanol–water partition coefficient (Wildman–Crippen LogP) is 4.77. The molecule has 30 heavy (non-hydrogen) atoms. The van der Waals surface area contributed by atoms with Crippen LogP contribution in [0.15, 0.2) is 0 Å². The molecule has 182 valence electrons. The maximum Gasteiger partial charge on any atom is 0.305 e. The van der Waals surface area contributed by atoms with E-state index in [9.17, 15) is 4.79 Å². The summed E-state index contributed by atoms with van der Waals surface area (Å²) >= 11 is 0. The topological polar surface area (TPSA) is 96.2 Å². The number of aliphatic hydroxyl groups excluding tert-OH is 3. The van der Waals surface area contributed by atoms with Crippen molar-refractivity contribution in [1.82, 2.24) is 0 Å². The second-order valence-electron chi connectivity index (χ2n) is 7.70. The van der Waals surface area contributed by atoms with Gasteiger partial charge in [-0.2, -0.15) is 0 Å². The number of rotatable bonds is 22. The van der Waals surface area contributed by atoms with E-state index >= 15 is 0 Å². The van der Waals surface area contributed by atoms with Gasteiger partial charge in [-0.3, -0.25) is 4.79 Å². The molecule has 0 aliphatic heterocycles. The van der Waals surface area contributed by atoms with Crippen LogP contribution in [0.1, 0.15) is 110 Å². The first-order valence-electron chi connectivity index (χ1n) is 12.3. The van der Waals surface area contributed by atoms with Crippen molar-refractivity contribution in [2.75, 3.05) is 39.6 Å². The number of esters is 1. The van der Waals surface area contributed by atoms with Gasteiger partial charge in [-0.25, -0.2) is 0 Å². The molecule has 0 radical (unpaired) electrons. The van der Waals surface area contributed by atoms with Crippen molar-refractivity contribution in [1.29, 1.82) is 0 Å². The van der Waals surface area contributed by atoms with Crippen LogP contribution < -0.4 is 0 Å². The Labute approximate surface area is 185 Å².